The quantitative estimate of drug-likeness (QED) is 0.334. The van der Waals surface area contributed by atoms with E-state index in [1.807, 2.05) is 25.6 Å². The van der Waals surface area contributed by atoms with Crippen LogP contribution in [-0.2, 0) is 10.0 Å². The van der Waals surface area contributed by atoms with Crippen molar-refractivity contribution in [2.24, 2.45) is 10.9 Å². The normalized spacial score (nSPS) is 19.5. The number of nitrogens with zero attached hydrogens (tertiary/aromatic N) is 3. The summed E-state index contributed by atoms with van der Waals surface area (Å²) in [5.41, 5.74) is 0. The Kier molecular flexibility index (Phi) is 11.9. The molecule has 0 radical (unpaired) electrons. The van der Waals surface area contributed by atoms with Crippen LogP contribution >= 0.6 is 35.7 Å². The second-order valence-electron chi connectivity index (χ2n) is 5.97. The zero-order chi connectivity index (χ0) is 17.5. The molecular formula is C15H33IN4O2S2. The summed E-state index contributed by atoms with van der Waals surface area (Å²) >= 11 is 2.01. The Morgan fingerprint density at radius 1 is 1.38 bits per heavy atom. The predicted octanol–water partition coefficient (Wildman–Crippen LogP) is 1.92. The van der Waals surface area contributed by atoms with Crippen molar-refractivity contribution >= 4 is 51.7 Å². The van der Waals surface area contributed by atoms with Crippen LogP contribution in [0.1, 0.15) is 27.7 Å². The number of halogens is 1. The number of thioether (sulfide) groups is 1. The summed E-state index contributed by atoms with van der Waals surface area (Å²) in [6, 6.07) is 0. The zero-order valence-corrected chi connectivity index (χ0v) is 19.5. The molecule has 6 nitrogen and oxygen atoms in total. The van der Waals surface area contributed by atoms with Crippen molar-refractivity contribution < 1.29 is 8.42 Å². The van der Waals surface area contributed by atoms with Gasteiger partial charge in [-0.2, -0.15) is 11.8 Å². The van der Waals surface area contributed by atoms with E-state index in [0.717, 1.165) is 24.8 Å². The molecule has 1 atom stereocenters. The number of aliphatic imine (C=N–C) groups is 1. The van der Waals surface area contributed by atoms with Crippen LogP contribution in [0.2, 0.25) is 0 Å². The summed E-state index contributed by atoms with van der Waals surface area (Å²) in [6.45, 7) is 11.6. The van der Waals surface area contributed by atoms with Gasteiger partial charge in [-0.25, -0.2) is 12.7 Å². The Bertz CT molecular complexity index is 482. The molecule has 24 heavy (non-hydrogen) atoms. The van der Waals surface area contributed by atoms with Crippen LogP contribution in [0.25, 0.3) is 0 Å². The molecule has 0 aromatic heterocycles. The molecule has 1 rings (SSSR count). The van der Waals surface area contributed by atoms with Crippen molar-refractivity contribution in [2.75, 3.05) is 51.3 Å². The number of sulfonamides is 1. The minimum atomic E-state index is -3.19. The van der Waals surface area contributed by atoms with Gasteiger partial charge in [-0.15, -0.1) is 24.0 Å². The smallest absolute Gasteiger partial charge is 0.215 e. The molecule has 0 spiro atoms. The summed E-state index contributed by atoms with van der Waals surface area (Å²) in [7, 11) is -1.43. The Morgan fingerprint density at radius 2 is 2.00 bits per heavy atom. The van der Waals surface area contributed by atoms with Crippen LogP contribution in [0.4, 0.5) is 0 Å². The maximum absolute atomic E-state index is 12.2. The molecule has 1 unspecified atom stereocenters. The first-order valence-electron chi connectivity index (χ1n) is 8.40. The maximum Gasteiger partial charge on any atom is 0.215 e. The fourth-order valence-electron chi connectivity index (χ4n) is 2.64. The molecule has 1 fully saturated rings. The molecule has 1 aliphatic heterocycles. The molecule has 9 heteroatoms. The molecule has 0 amide bonds. The van der Waals surface area contributed by atoms with Gasteiger partial charge in [-0.1, -0.05) is 27.7 Å². The van der Waals surface area contributed by atoms with Crippen LogP contribution < -0.4 is 5.32 Å². The molecule has 1 heterocycles. The molecule has 0 saturated carbocycles. The highest BCUT2D eigenvalue weighted by molar-refractivity contribution is 14.0. The largest absolute Gasteiger partial charge is 0.355 e. The summed E-state index contributed by atoms with van der Waals surface area (Å²) in [5, 5.41) is 3.82. The third kappa shape index (κ3) is 7.25. The van der Waals surface area contributed by atoms with E-state index >= 15 is 0 Å². The van der Waals surface area contributed by atoms with Gasteiger partial charge in [0.25, 0.3) is 0 Å². The molecule has 1 N–H and O–H groups in total. The zero-order valence-electron chi connectivity index (χ0n) is 15.5. The SMILES string of the molecule is CCN(CC)S(=O)(=O)CCNC(=NC)N1CCSC(C(C)C)C1.I. The number of hydrogen-bond acceptors (Lipinski definition) is 4. The van der Waals surface area contributed by atoms with Crippen molar-refractivity contribution in [1.82, 2.24) is 14.5 Å². The van der Waals surface area contributed by atoms with E-state index in [1.165, 1.54) is 4.31 Å². The van der Waals surface area contributed by atoms with Crippen LogP contribution in [-0.4, -0.2) is 80.1 Å². The van der Waals surface area contributed by atoms with Gasteiger partial charge in [0.2, 0.25) is 10.0 Å². The third-order valence-electron chi connectivity index (χ3n) is 4.09. The van der Waals surface area contributed by atoms with Gasteiger partial charge in [0.05, 0.1) is 5.75 Å². The van der Waals surface area contributed by atoms with E-state index < -0.39 is 10.0 Å². The van der Waals surface area contributed by atoms with Crippen LogP contribution in [0, 0.1) is 5.92 Å². The Morgan fingerprint density at radius 3 is 2.50 bits per heavy atom. The lowest BCUT2D eigenvalue weighted by Crippen LogP contribution is -2.50. The van der Waals surface area contributed by atoms with E-state index in [-0.39, 0.29) is 29.7 Å². The standard InChI is InChI=1S/C15H32N4O2S2.HI/c1-6-19(7-2)23(20,21)11-8-17-15(16-5)18-9-10-22-14(12-18)13(3)4;/h13-14H,6-12H2,1-5H3,(H,16,17);1H. The fourth-order valence-corrected chi connectivity index (χ4v) is 5.35. The second kappa shape index (κ2) is 11.8. The Balaban J connectivity index is 0.00000529. The minimum absolute atomic E-state index is 0. The maximum atomic E-state index is 12.2. The van der Waals surface area contributed by atoms with Crippen molar-refractivity contribution in [2.45, 2.75) is 32.9 Å². The summed E-state index contributed by atoms with van der Waals surface area (Å²) in [5.74, 6) is 2.63. The number of rotatable bonds is 7. The first kappa shape index (κ1) is 24.3. The summed E-state index contributed by atoms with van der Waals surface area (Å²) in [6.07, 6.45) is 0. The van der Waals surface area contributed by atoms with E-state index in [4.69, 9.17) is 0 Å². The van der Waals surface area contributed by atoms with E-state index in [0.29, 0.717) is 30.8 Å². The van der Waals surface area contributed by atoms with E-state index in [9.17, 15) is 8.42 Å². The number of hydrogen-bond donors (Lipinski definition) is 1. The topological polar surface area (TPSA) is 65.0 Å². The van der Waals surface area contributed by atoms with Gasteiger partial charge in [0, 0.05) is 50.8 Å². The third-order valence-corrected chi connectivity index (χ3v) is 7.65. The van der Waals surface area contributed by atoms with Gasteiger partial charge < -0.3 is 10.2 Å². The monoisotopic (exact) mass is 492 g/mol. The first-order valence-corrected chi connectivity index (χ1v) is 11.1. The van der Waals surface area contributed by atoms with Crippen LogP contribution in [0.15, 0.2) is 4.99 Å². The van der Waals surface area contributed by atoms with Crippen LogP contribution in [0.5, 0.6) is 0 Å². The van der Waals surface area contributed by atoms with Crippen molar-refractivity contribution in [3.63, 3.8) is 0 Å². The lowest BCUT2D eigenvalue weighted by molar-refractivity contribution is 0.381. The van der Waals surface area contributed by atoms with Crippen LogP contribution in [0.3, 0.4) is 0 Å². The molecule has 1 saturated heterocycles. The van der Waals surface area contributed by atoms with Gasteiger partial charge in [0.1, 0.15) is 0 Å². The first-order chi connectivity index (χ1) is 10.9. The highest BCUT2D eigenvalue weighted by Crippen LogP contribution is 2.24. The molecule has 0 bridgehead atoms. The van der Waals surface area contributed by atoms with Crippen molar-refractivity contribution in [3.05, 3.63) is 0 Å². The van der Waals surface area contributed by atoms with E-state index in [2.05, 4.69) is 29.1 Å². The lowest BCUT2D eigenvalue weighted by atomic mass is 10.1. The Labute approximate surface area is 169 Å². The predicted molar refractivity (Wildman–Crippen MR) is 116 cm³/mol. The molecule has 0 aromatic rings. The molecule has 144 valence electrons. The molecule has 0 aliphatic carbocycles. The molecule has 0 aromatic carbocycles. The van der Waals surface area contributed by atoms with Gasteiger partial charge in [-0.05, 0) is 5.92 Å². The lowest BCUT2D eigenvalue weighted by Gasteiger charge is -2.36. The fraction of sp³-hybridized carbons (Fsp3) is 0.933. The number of guanidine groups is 1. The number of nitrogens with one attached hydrogen (secondary N) is 1. The molecule has 1 aliphatic rings. The van der Waals surface area contributed by atoms with Crippen molar-refractivity contribution in [1.29, 1.82) is 0 Å². The van der Waals surface area contributed by atoms with Gasteiger partial charge >= 0.3 is 0 Å². The summed E-state index contributed by atoms with van der Waals surface area (Å²) in [4.78, 5) is 6.57. The van der Waals surface area contributed by atoms with Gasteiger partial charge in [0.15, 0.2) is 5.96 Å². The Hall–Kier alpha value is 0.260. The summed E-state index contributed by atoms with van der Waals surface area (Å²) < 4.78 is 25.9. The molecular weight excluding hydrogens is 459 g/mol. The van der Waals surface area contributed by atoms with Gasteiger partial charge in [-0.3, -0.25) is 4.99 Å². The van der Waals surface area contributed by atoms with Crippen molar-refractivity contribution in [3.8, 4) is 0 Å². The van der Waals surface area contributed by atoms with E-state index in [1.54, 1.807) is 7.05 Å². The second-order valence-corrected chi connectivity index (χ2v) is 9.41. The highest BCUT2D eigenvalue weighted by Gasteiger charge is 2.25. The average Bonchev–Trinajstić information content (AvgIpc) is 2.52. The highest BCUT2D eigenvalue weighted by atomic mass is 127. The minimum Gasteiger partial charge on any atom is -0.355 e. The average molecular weight is 492 g/mol.